The zero-order chi connectivity index (χ0) is 17.6. The second-order valence-electron chi connectivity index (χ2n) is 5.55. The average Bonchev–Trinajstić information content (AvgIpc) is 2.76. The quantitative estimate of drug-likeness (QED) is 0.343. The Morgan fingerprint density at radius 1 is 1.24 bits per heavy atom. The number of nitrogens with zero attached hydrogens (tertiary/aromatic N) is 5. The van der Waals surface area contributed by atoms with E-state index in [1.165, 1.54) is 0 Å². The molecule has 25 heavy (non-hydrogen) atoms. The van der Waals surface area contributed by atoms with E-state index in [2.05, 4.69) is 15.0 Å². The number of fused-ring (bicyclic) bond motifs is 1. The van der Waals surface area contributed by atoms with Gasteiger partial charge in [0.05, 0.1) is 11.4 Å². The fraction of sp³-hybridized carbons (Fsp3) is 0.222. The number of anilines is 1. The second kappa shape index (κ2) is 7.83. The van der Waals surface area contributed by atoms with Gasteiger partial charge in [-0.3, -0.25) is 9.79 Å². The van der Waals surface area contributed by atoms with E-state index >= 15 is 0 Å². The summed E-state index contributed by atoms with van der Waals surface area (Å²) in [6, 6.07) is 15.2. The minimum absolute atomic E-state index is 0.0675. The van der Waals surface area contributed by atoms with Crippen molar-refractivity contribution in [3.05, 3.63) is 75.1 Å². The van der Waals surface area contributed by atoms with Crippen LogP contribution in [0, 0.1) is 0 Å². The molecule has 2 aromatic rings. The lowest BCUT2D eigenvalue weighted by Crippen LogP contribution is -2.33. The van der Waals surface area contributed by atoms with Crippen molar-refractivity contribution in [3.63, 3.8) is 0 Å². The lowest BCUT2D eigenvalue weighted by atomic mass is 10.00. The molecule has 7 heteroatoms. The summed E-state index contributed by atoms with van der Waals surface area (Å²) < 4.78 is 0. The number of benzene rings is 2. The maximum absolute atomic E-state index is 12.6. The highest BCUT2D eigenvalue weighted by atomic mass is 35.5. The van der Waals surface area contributed by atoms with E-state index in [1.807, 2.05) is 42.5 Å². The van der Waals surface area contributed by atoms with E-state index in [1.54, 1.807) is 11.0 Å². The van der Waals surface area contributed by atoms with E-state index in [9.17, 15) is 4.79 Å². The van der Waals surface area contributed by atoms with Gasteiger partial charge in [0, 0.05) is 34.2 Å². The number of carbonyl (C=O) groups excluding carboxylic acids is 1. The van der Waals surface area contributed by atoms with Crippen LogP contribution >= 0.6 is 11.6 Å². The zero-order valence-corrected chi connectivity index (χ0v) is 14.2. The third-order valence-corrected chi connectivity index (χ3v) is 4.16. The van der Waals surface area contributed by atoms with Crippen molar-refractivity contribution in [3.8, 4) is 0 Å². The Morgan fingerprint density at radius 3 is 2.80 bits per heavy atom. The molecule has 0 saturated carbocycles. The van der Waals surface area contributed by atoms with Crippen molar-refractivity contribution < 1.29 is 4.79 Å². The first-order valence-corrected chi connectivity index (χ1v) is 8.29. The van der Waals surface area contributed by atoms with Crippen molar-refractivity contribution in [1.82, 2.24) is 0 Å². The minimum Gasteiger partial charge on any atom is -0.310 e. The first-order valence-electron chi connectivity index (χ1n) is 7.91. The summed E-state index contributed by atoms with van der Waals surface area (Å²) in [5, 5.41) is 4.12. The lowest BCUT2D eigenvalue weighted by Gasteiger charge is -2.23. The highest BCUT2D eigenvalue weighted by Crippen LogP contribution is 2.29. The van der Waals surface area contributed by atoms with Gasteiger partial charge in [0.1, 0.15) is 6.54 Å². The van der Waals surface area contributed by atoms with Crippen LogP contribution in [0.2, 0.25) is 5.02 Å². The highest BCUT2D eigenvalue weighted by Gasteiger charge is 2.24. The summed E-state index contributed by atoms with van der Waals surface area (Å²) in [6.07, 6.45) is 0.582. The van der Waals surface area contributed by atoms with Crippen molar-refractivity contribution >= 4 is 28.9 Å². The number of azide groups is 1. The summed E-state index contributed by atoms with van der Waals surface area (Å²) in [6.45, 7) is 0.873. The molecule has 3 rings (SSSR count). The van der Waals surface area contributed by atoms with Crippen LogP contribution in [0.15, 0.2) is 58.6 Å². The summed E-state index contributed by atoms with van der Waals surface area (Å²) in [7, 11) is 0. The van der Waals surface area contributed by atoms with E-state index in [0.29, 0.717) is 24.5 Å². The summed E-state index contributed by atoms with van der Waals surface area (Å²) in [5.74, 6) is -0.0876. The third kappa shape index (κ3) is 3.82. The molecule has 0 N–H and O–H groups in total. The van der Waals surface area contributed by atoms with Crippen molar-refractivity contribution in [1.29, 1.82) is 0 Å². The number of rotatable bonds is 5. The van der Waals surface area contributed by atoms with Gasteiger partial charge in [-0.05, 0) is 30.2 Å². The van der Waals surface area contributed by atoms with Crippen LogP contribution in [0.25, 0.3) is 10.4 Å². The van der Waals surface area contributed by atoms with Crippen LogP contribution in [0.4, 0.5) is 5.69 Å². The minimum atomic E-state index is -0.0876. The molecule has 0 aromatic heterocycles. The molecule has 2 aromatic carbocycles. The number of halogens is 1. The number of carbonyl (C=O) groups is 1. The molecule has 1 aliphatic heterocycles. The monoisotopic (exact) mass is 353 g/mol. The van der Waals surface area contributed by atoms with Crippen LogP contribution < -0.4 is 4.90 Å². The van der Waals surface area contributed by atoms with E-state index in [4.69, 9.17) is 17.1 Å². The molecule has 0 unspecified atom stereocenters. The van der Waals surface area contributed by atoms with Crippen LogP contribution in [-0.4, -0.2) is 31.3 Å². The van der Waals surface area contributed by atoms with Gasteiger partial charge < -0.3 is 4.90 Å². The van der Waals surface area contributed by atoms with Crippen molar-refractivity contribution in [2.45, 2.75) is 6.42 Å². The fourth-order valence-electron chi connectivity index (χ4n) is 2.82. The molecule has 6 nitrogen and oxygen atoms in total. The molecule has 0 aliphatic carbocycles. The predicted octanol–water partition coefficient (Wildman–Crippen LogP) is 4.22. The van der Waals surface area contributed by atoms with Gasteiger partial charge in [-0.15, -0.1) is 0 Å². The first kappa shape index (κ1) is 17.0. The molecule has 0 saturated heterocycles. The van der Waals surface area contributed by atoms with Crippen LogP contribution in [0.1, 0.15) is 17.5 Å². The standard InChI is InChI=1S/C18H16ClN5O/c19-14-7-8-16-15(11-14)18(13-5-2-1-3-6-13)21-12-17(25)24(16)10-4-9-22-23-20/h1-3,5-8,11H,4,9-10,12H2. The van der Waals surface area contributed by atoms with Crippen molar-refractivity contribution in [2.75, 3.05) is 24.5 Å². The molecular formula is C18H16ClN5O. The second-order valence-corrected chi connectivity index (χ2v) is 5.98. The average molecular weight is 354 g/mol. The molecule has 1 aliphatic rings. The maximum Gasteiger partial charge on any atom is 0.248 e. The largest absolute Gasteiger partial charge is 0.310 e. The summed E-state index contributed by atoms with van der Waals surface area (Å²) in [4.78, 5) is 21.6. The number of hydrogen-bond acceptors (Lipinski definition) is 3. The van der Waals surface area contributed by atoms with Gasteiger partial charge >= 0.3 is 0 Å². The van der Waals surface area contributed by atoms with Gasteiger partial charge in [-0.1, -0.05) is 47.0 Å². The summed E-state index contributed by atoms with van der Waals surface area (Å²) in [5.41, 5.74) is 11.7. The topological polar surface area (TPSA) is 81.4 Å². The molecule has 0 fully saturated rings. The number of benzodiazepines with no additional fused rings is 1. The Kier molecular flexibility index (Phi) is 5.33. The summed E-state index contributed by atoms with van der Waals surface area (Å²) >= 11 is 6.20. The SMILES string of the molecule is [N-]=[N+]=NCCCN1C(=O)CN=C(c2ccccc2)c2cc(Cl)ccc21. The van der Waals surface area contributed by atoms with Gasteiger partial charge in [0.25, 0.3) is 0 Å². The molecule has 0 radical (unpaired) electrons. The van der Waals surface area contributed by atoms with E-state index in [0.717, 1.165) is 22.5 Å². The van der Waals surface area contributed by atoms with Gasteiger partial charge in [-0.25, -0.2) is 0 Å². The molecule has 0 atom stereocenters. The van der Waals surface area contributed by atoms with Gasteiger partial charge in [0.2, 0.25) is 5.91 Å². The molecule has 126 valence electrons. The Balaban J connectivity index is 2.02. The number of aliphatic imine (C=N–C) groups is 1. The van der Waals surface area contributed by atoms with E-state index in [-0.39, 0.29) is 12.5 Å². The van der Waals surface area contributed by atoms with Crippen LogP contribution in [-0.2, 0) is 4.79 Å². The zero-order valence-electron chi connectivity index (χ0n) is 13.5. The molecule has 1 amide bonds. The molecular weight excluding hydrogens is 338 g/mol. The van der Waals surface area contributed by atoms with Gasteiger partial charge in [-0.2, -0.15) is 0 Å². The number of hydrogen-bond donors (Lipinski definition) is 0. The Bertz CT molecular complexity index is 859. The Labute approximate surface area is 150 Å². The van der Waals surface area contributed by atoms with E-state index < -0.39 is 0 Å². The van der Waals surface area contributed by atoms with Gasteiger partial charge in [0.15, 0.2) is 0 Å². The normalized spacial score (nSPS) is 13.6. The highest BCUT2D eigenvalue weighted by molar-refractivity contribution is 6.32. The fourth-order valence-corrected chi connectivity index (χ4v) is 2.99. The molecule has 0 bridgehead atoms. The predicted molar refractivity (Wildman–Crippen MR) is 99.4 cm³/mol. The van der Waals surface area contributed by atoms with Crippen LogP contribution in [0.5, 0.6) is 0 Å². The Morgan fingerprint density at radius 2 is 2.04 bits per heavy atom. The van der Waals surface area contributed by atoms with Crippen LogP contribution in [0.3, 0.4) is 0 Å². The molecule has 0 spiro atoms. The molecule has 1 heterocycles. The third-order valence-electron chi connectivity index (χ3n) is 3.93. The Hall–Kier alpha value is -2.82. The first-order chi connectivity index (χ1) is 12.2. The number of amides is 1. The lowest BCUT2D eigenvalue weighted by molar-refractivity contribution is -0.117. The van der Waals surface area contributed by atoms with Crippen molar-refractivity contribution in [2.24, 2.45) is 10.1 Å². The smallest absolute Gasteiger partial charge is 0.248 e. The maximum atomic E-state index is 12.6.